The van der Waals surface area contributed by atoms with Crippen LogP contribution in [-0.2, 0) is 4.79 Å². The van der Waals surface area contributed by atoms with Crippen LogP contribution in [0.15, 0.2) is 22.9 Å². The standard InChI is InChI=1S/C8H8Br2N2O/c1-5(9)8(13)12-7-2-6(10)3-11-4-7/h2-5H,1H3,(H,12,13). The first-order chi connectivity index (χ1) is 6.09. The van der Waals surface area contributed by atoms with Crippen molar-refractivity contribution in [2.75, 3.05) is 5.32 Å². The van der Waals surface area contributed by atoms with Crippen molar-refractivity contribution >= 4 is 43.5 Å². The number of nitrogens with zero attached hydrogens (tertiary/aromatic N) is 1. The normalized spacial score (nSPS) is 12.2. The molecule has 0 fully saturated rings. The number of halogens is 2. The molecule has 1 N–H and O–H groups in total. The molecule has 0 saturated carbocycles. The first-order valence-corrected chi connectivity index (χ1v) is 5.36. The summed E-state index contributed by atoms with van der Waals surface area (Å²) in [6.07, 6.45) is 3.26. The summed E-state index contributed by atoms with van der Waals surface area (Å²) < 4.78 is 0.840. The van der Waals surface area contributed by atoms with Gasteiger partial charge in [0.2, 0.25) is 5.91 Å². The molecule has 0 spiro atoms. The third-order valence-corrected chi connectivity index (χ3v) is 2.18. The van der Waals surface area contributed by atoms with E-state index in [4.69, 9.17) is 0 Å². The minimum atomic E-state index is -0.202. The summed E-state index contributed by atoms with van der Waals surface area (Å²) in [6.45, 7) is 1.76. The van der Waals surface area contributed by atoms with Gasteiger partial charge >= 0.3 is 0 Å². The number of carbonyl (C=O) groups excluding carboxylic acids is 1. The van der Waals surface area contributed by atoms with Crippen LogP contribution < -0.4 is 5.32 Å². The van der Waals surface area contributed by atoms with Crippen LogP contribution in [0.25, 0.3) is 0 Å². The maximum absolute atomic E-state index is 11.2. The SMILES string of the molecule is CC(Br)C(=O)Nc1cncc(Br)c1. The maximum atomic E-state index is 11.2. The number of alkyl halides is 1. The third kappa shape index (κ3) is 3.44. The molecule has 0 aliphatic heterocycles. The molecule has 0 saturated heterocycles. The van der Waals surface area contributed by atoms with Crippen LogP contribution in [0.2, 0.25) is 0 Å². The smallest absolute Gasteiger partial charge is 0.237 e. The fraction of sp³-hybridized carbons (Fsp3) is 0.250. The summed E-state index contributed by atoms with van der Waals surface area (Å²) in [4.78, 5) is 14.9. The van der Waals surface area contributed by atoms with Crippen molar-refractivity contribution in [3.8, 4) is 0 Å². The van der Waals surface area contributed by atoms with E-state index >= 15 is 0 Å². The van der Waals surface area contributed by atoms with Gasteiger partial charge in [-0.25, -0.2) is 0 Å². The van der Waals surface area contributed by atoms with Crippen LogP contribution in [0.4, 0.5) is 5.69 Å². The molecular formula is C8H8Br2N2O. The third-order valence-electron chi connectivity index (χ3n) is 1.33. The second-order valence-electron chi connectivity index (χ2n) is 2.50. The van der Waals surface area contributed by atoms with E-state index in [0.29, 0.717) is 5.69 Å². The first-order valence-electron chi connectivity index (χ1n) is 3.65. The zero-order valence-electron chi connectivity index (χ0n) is 6.92. The predicted octanol–water partition coefficient (Wildman–Crippen LogP) is 2.57. The molecule has 70 valence electrons. The molecule has 1 aromatic rings. The van der Waals surface area contributed by atoms with Crippen molar-refractivity contribution in [3.63, 3.8) is 0 Å². The molecule has 1 aromatic heterocycles. The highest BCUT2D eigenvalue weighted by molar-refractivity contribution is 9.10. The highest BCUT2D eigenvalue weighted by Gasteiger charge is 2.08. The minimum absolute atomic E-state index is 0.0834. The van der Waals surface area contributed by atoms with Gasteiger partial charge in [0.15, 0.2) is 0 Å². The first kappa shape index (κ1) is 10.7. The van der Waals surface area contributed by atoms with Gasteiger partial charge in [-0.2, -0.15) is 0 Å². The molecule has 3 nitrogen and oxygen atoms in total. The Kier molecular flexibility index (Phi) is 3.87. The van der Waals surface area contributed by atoms with Gasteiger partial charge < -0.3 is 5.32 Å². The second-order valence-corrected chi connectivity index (χ2v) is 4.79. The Morgan fingerprint density at radius 3 is 2.85 bits per heavy atom. The Hall–Kier alpha value is -0.420. The van der Waals surface area contributed by atoms with Gasteiger partial charge in [-0.05, 0) is 28.9 Å². The topological polar surface area (TPSA) is 42.0 Å². The molecule has 0 aromatic carbocycles. The van der Waals surface area contributed by atoms with E-state index in [9.17, 15) is 4.79 Å². The van der Waals surface area contributed by atoms with E-state index in [0.717, 1.165) is 4.47 Å². The van der Waals surface area contributed by atoms with Crippen molar-refractivity contribution in [3.05, 3.63) is 22.9 Å². The van der Waals surface area contributed by atoms with Gasteiger partial charge in [-0.1, -0.05) is 15.9 Å². The lowest BCUT2D eigenvalue weighted by Crippen LogP contribution is -2.19. The number of hydrogen-bond acceptors (Lipinski definition) is 2. The summed E-state index contributed by atoms with van der Waals surface area (Å²) in [5, 5.41) is 2.70. The van der Waals surface area contributed by atoms with Crippen LogP contribution in [0.3, 0.4) is 0 Å². The second kappa shape index (κ2) is 4.72. The zero-order valence-corrected chi connectivity index (χ0v) is 10.1. The molecule has 13 heavy (non-hydrogen) atoms. The van der Waals surface area contributed by atoms with Gasteiger partial charge in [0, 0.05) is 10.7 Å². The van der Waals surface area contributed by atoms with Gasteiger partial charge in [-0.3, -0.25) is 9.78 Å². The van der Waals surface area contributed by atoms with Crippen LogP contribution in [0, 0.1) is 0 Å². The molecule has 0 aliphatic carbocycles. The molecule has 1 amide bonds. The van der Waals surface area contributed by atoms with Gasteiger partial charge in [0.1, 0.15) is 0 Å². The minimum Gasteiger partial charge on any atom is -0.324 e. The lowest BCUT2D eigenvalue weighted by molar-refractivity contribution is -0.115. The largest absolute Gasteiger partial charge is 0.324 e. The lowest BCUT2D eigenvalue weighted by Gasteiger charge is -2.05. The summed E-state index contributed by atoms with van der Waals surface area (Å²) in [5.41, 5.74) is 0.686. The Morgan fingerprint density at radius 1 is 1.62 bits per heavy atom. The molecule has 5 heteroatoms. The average molecular weight is 308 g/mol. The van der Waals surface area contributed by atoms with Crippen LogP contribution in [-0.4, -0.2) is 15.7 Å². The van der Waals surface area contributed by atoms with E-state index in [1.165, 1.54) is 0 Å². The molecule has 1 unspecified atom stereocenters. The molecule has 1 rings (SSSR count). The lowest BCUT2D eigenvalue weighted by atomic mass is 10.4. The number of amides is 1. The monoisotopic (exact) mass is 306 g/mol. The quantitative estimate of drug-likeness (QED) is 0.853. The van der Waals surface area contributed by atoms with Crippen LogP contribution >= 0.6 is 31.9 Å². The number of hydrogen-bond donors (Lipinski definition) is 1. The van der Waals surface area contributed by atoms with E-state index in [1.807, 2.05) is 0 Å². The molecule has 1 atom stereocenters. The Morgan fingerprint density at radius 2 is 2.31 bits per heavy atom. The number of aromatic nitrogens is 1. The summed E-state index contributed by atoms with van der Waals surface area (Å²) in [7, 11) is 0. The van der Waals surface area contributed by atoms with Gasteiger partial charge in [0.05, 0.1) is 16.7 Å². The van der Waals surface area contributed by atoms with E-state index in [2.05, 4.69) is 42.2 Å². The zero-order chi connectivity index (χ0) is 9.84. The molecule has 1 heterocycles. The van der Waals surface area contributed by atoms with Crippen LogP contribution in [0.1, 0.15) is 6.92 Å². The van der Waals surface area contributed by atoms with Gasteiger partial charge in [0.25, 0.3) is 0 Å². The number of anilines is 1. The Balaban J connectivity index is 2.69. The van der Waals surface area contributed by atoms with Crippen molar-refractivity contribution in [2.24, 2.45) is 0 Å². The van der Waals surface area contributed by atoms with Crippen molar-refractivity contribution < 1.29 is 4.79 Å². The summed E-state index contributed by atoms with van der Waals surface area (Å²) in [5.74, 6) is -0.0834. The fourth-order valence-electron chi connectivity index (χ4n) is 0.722. The van der Waals surface area contributed by atoms with Crippen molar-refractivity contribution in [2.45, 2.75) is 11.8 Å². The summed E-state index contributed by atoms with van der Waals surface area (Å²) >= 11 is 6.44. The van der Waals surface area contributed by atoms with E-state index in [-0.39, 0.29) is 10.7 Å². The van der Waals surface area contributed by atoms with Crippen molar-refractivity contribution in [1.82, 2.24) is 4.98 Å². The van der Waals surface area contributed by atoms with Crippen molar-refractivity contribution in [1.29, 1.82) is 0 Å². The van der Waals surface area contributed by atoms with Crippen LogP contribution in [0.5, 0.6) is 0 Å². The number of rotatable bonds is 2. The van der Waals surface area contributed by atoms with E-state index < -0.39 is 0 Å². The number of pyridine rings is 1. The highest BCUT2D eigenvalue weighted by atomic mass is 79.9. The molecule has 0 bridgehead atoms. The molecule has 0 radical (unpaired) electrons. The highest BCUT2D eigenvalue weighted by Crippen LogP contribution is 2.14. The predicted molar refractivity (Wildman–Crippen MR) is 59.0 cm³/mol. The average Bonchev–Trinajstić information content (AvgIpc) is 2.04. The summed E-state index contributed by atoms with van der Waals surface area (Å²) in [6, 6.07) is 1.79. The Bertz CT molecular complexity index is 315. The Labute approximate surface area is 93.2 Å². The molecule has 0 aliphatic rings. The van der Waals surface area contributed by atoms with Gasteiger partial charge in [-0.15, -0.1) is 0 Å². The number of nitrogens with one attached hydrogen (secondary N) is 1. The number of carbonyl (C=O) groups is 1. The fourth-order valence-corrected chi connectivity index (χ4v) is 1.20. The maximum Gasteiger partial charge on any atom is 0.237 e. The molecular weight excluding hydrogens is 300 g/mol. The van der Waals surface area contributed by atoms with E-state index in [1.54, 1.807) is 25.4 Å².